The smallest absolute Gasteiger partial charge is 0.243 e. The molecular formula is C12H17N7S. The Morgan fingerprint density at radius 3 is 2.60 bits per heavy atom. The second kappa shape index (κ2) is 6.02. The second-order valence-corrected chi connectivity index (χ2v) is 5.39. The van der Waals surface area contributed by atoms with Gasteiger partial charge in [-0.05, 0) is 30.7 Å². The van der Waals surface area contributed by atoms with Gasteiger partial charge in [-0.2, -0.15) is 26.3 Å². The van der Waals surface area contributed by atoms with Gasteiger partial charge in [-0.3, -0.25) is 5.43 Å². The Morgan fingerprint density at radius 2 is 1.90 bits per heavy atom. The minimum atomic E-state index is 0.373. The third-order valence-corrected chi connectivity index (χ3v) is 3.85. The fourth-order valence-electron chi connectivity index (χ4n) is 2.19. The van der Waals surface area contributed by atoms with E-state index >= 15 is 0 Å². The number of piperidine rings is 1. The number of anilines is 4. The van der Waals surface area contributed by atoms with Gasteiger partial charge in [0.2, 0.25) is 17.8 Å². The van der Waals surface area contributed by atoms with E-state index in [1.54, 1.807) is 11.3 Å². The third-order valence-electron chi connectivity index (χ3n) is 3.17. The van der Waals surface area contributed by atoms with Crippen molar-refractivity contribution in [3.05, 3.63) is 16.8 Å². The van der Waals surface area contributed by atoms with Gasteiger partial charge in [0.15, 0.2) is 0 Å². The lowest BCUT2D eigenvalue weighted by Crippen LogP contribution is -2.31. The SMILES string of the molecule is NNc1nc(Nc2ccsc2)nc(N2CCCCC2)n1. The Hall–Kier alpha value is -1.93. The molecule has 1 aliphatic rings. The maximum absolute atomic E-state index is 5.44. The fourth-order valence-corrected chi connectivity index (χ4v) is 2.77. The summed E-state index contributed by atoms with van der Waals surface area (Å²) in [6, 6.07) is 1.98. The molecule has 2 aromatic rings. The molecule has 1 saturated heterocycles. The van der Waals surface area contributed by atoms with Crippen molar-refractivity contribution in [3.8, 4) is 0 Å². The molecule has 3 rings (SSSR count). The van der Waals surface area contributed by atoms with Gasteiger partial charge in [0, 0.05) is 18.5 Å². The van der Waals surface area contributed by atoms with Gasteiger partial charge >= 0.3 is 0 Å². The molecular weight excluding hydrogens is 274 g/mol. The number of nitrogens with one attached hydrogen (secondary N) is 2. The quantitative estimate of drug-likeness (QED) is 0.585. The van der Waals surface area contributed by atoms with Crippen molar-refractivity contribution in [1.29, 1.82) is 0 Å². The number of hydrogen-bond donors (Lipinski definition) is 3. The summed E-state index contributed by atoms with van der Waals surface area (Å²) in [5.41, 5.74) is 3.47. The highest BCUT2D eigenvalue weighted by molar-refractivity contribution is 7.08. The van der Waals surface area contributed by atoms with E-state index in [2.05, 4.69) is 30.6 Å². The zero-order chi connectivity index (χ0) is 13.8. The standard InChI is InChI=1S/C12H17N7S/c13-18-11-15-10(14-9-4-7-20-8-9)16-12(17-11)19-5-2-1-3-6-19/h4,7-8H,1-3,5-6,13H2,(H2,14,15,16,17,18). The van der Waals surface area contributed by atoms with Crippen LogP contribution in [0.15, 0.2) is 16.8 Å². The average Bonchev–Trinajstić information content (AvgIpc) is 3.00. The Balaban J connectivity index is 1.85. The normalized spacial score (nSPS) is 15.2. The molecule has 0 atom stereocenters. The number of nitrogens with zero attached hydrogens (tertiary/aromatic N) is 4. The largest absolute Gasteiger partial charge is 0.341 e. The molecule has 3 heterocycles. The first-order valence-electron chi connectivity index (χ1n) is 6.62. The molecule has 0 spiro atoms. The van der Waals surface area contributed by atoms with Crippen LogP contribution in [0.4, 0.5) is 23.5 Å². The molecule has 4 N–H and O–H groups in total. The summed E-state index contributed by atoms with van der Waals surface area (Å²) in [7, 11) is 0. The molecule has 106 valence electrons. The number of rotatable bonds is 4. The van der Waals surface area contributed by atoms with Crippen LogP contribution in [0.3, 0.4) is 0 Å². The van der Waals surface area contributed by atoms with Crippen LogP contribution >= 0.6 is 11.3 Å². The zero-order valence-electron chi connectivity index (χ0n) is 11.0. The third kappa shape index (κ3) is 2.97. The van der Waals surface area contributed by atoms with Gasteiger partial charge in [0.05, 0.1) is 5.69 Å². The highest BCUT2D eigenvalue weighted by Crippen LogP contribution is 2.21. The van der Waals surface area contributed by atoms with Crippen molar-refractivity contribution in [3.63, 3.8) is 0 Å². The maximum Gasteiger partial charge on any atom is 0.243 e. The molecule has 0 unspecified atom stereocenters. The Morgan fingerprint density at radius 1 is 1.10 bits per heavy atom. The number of aromatic nitrogens is 3. The summed E-state index contributed by atoms with van der Waals surface area (Å²) < 4.78 is 0. The molecule has 1 fully saturated rings. The van der Waals surface area contributed by atoms with E-state index in [0.717, 1.165) is 18.8 Å². The van der Waals surface area contributed by atoms with Gasteiger partial charge in [-0.25, -0.2) is 5.84 Å². The van der Waals surface area contributed by atoms with Crippen molar-refractivity contribution in [2.24, 2.45) is 5.84 Å². The lowest BCUT2D eigenvalue weighted by atomic mass is 10.1. The van der Waals surface area contributed by atoms with Crippen LogP contribution in [0.25, 0.3) is 0 Å². The maximum atomic E-state index is 5.44. The topological polar surface area (TPSA) is 92.0 Å². The predicted molar refractivity (Wildman–Crippen MR) is 81.3 cm³/mol. The van der Waals surface area contributed by atoms with Crippen LogP contribution in [0.5, 0.6) is 0 Å². The lowest BCUT2D eigenvalue weighted by Gasteiger charge is -2.26. The van der Waals surface area contributed by atoms with E-state index < -0.39 is 0 Å². The van der Waals surface area contributed by atoms with Crippen LogP contribution in [-0.2, 0) is 0 Å². The summed E-state index contributed by atoms with van der Waals surface area (Å²) >= 11 is 1.62. The van der Waals surface area contributed by atoms with E-state index in [-0.39, 0.29) is 0 Å². The first-order valence-corrected chi connectivity index (χ1v) is 7.56. The van der Waals surface area contributed by atoms with Gasteiger partial charge in [0.25, 0.3) is 0 Å². The molecule has 0 aromatic carbocycles. The van der Waals surface area contributed by atoms with Gasteiger partial charge in [0.1, 0.15) is 0 Å². The first kappa shape index (κ1) is 13.1. The molecule has 0 bridgehead atoms. The predicted octanol–water partition coefficient (Wildman–Crippen LogP) is 1.95. The molecule has 20 heavy (non-hydrogen) atoms. The summed E-state index contributed by atoms with van der Waals surface area (Å²) in [6.45, 7) is 1.96. The Kier molecular flexibility index (Phi) is 3.93. The van der Waals surface area contributed by atoms with Crippen LogP contribution in [0.1, 0.15) is 19.3 Å². The highest BCUT2D eigenvalue weighted by Gasteiger charge is 2.16. The fraction of sp³-hybridized carbons (Fsp3) is 0.417. The van der Waals surface area contributed by atoms with Crippen LogP contribution in [0.2, 0.25) is 0 Å². The molecule has 0 saturated carbocycles. The van der Waals surface area contributed by atoms with E-state index in [1.807, 2.05) is 16.8 Å². The summed E-state index contributed by atoms with van der Waals surface area (Å²) in [5, 5.41) is 7.16. The Bertz CT molecular complexity index is 551. The number of nitrogen functional groups attached to an aromatic ring is 1. The van der Waals surface area contributed by atoms with Crippen molar-refractivity contribution in [1.82, 2.24) is 15.0 Å². The van der Waals surface area contributed by atoms with E-state index in [0.29, 0.717) is 17.8 Å². The summed E-state index contributed by atoms with van der Waals surface area (Å²) in [6.07, 6.45) is 3.61. The minimum Gasteiger partial charge on any atom is -0.341 e. The highest BCUT2D eigenvalue weighted by atomic mass is 32.1. The molecule has 0 aliphatic carbocycles. The molecule has 0 radical (unpaired) electrons. The number of thiophene rings is 1. The molecule has 7 nitrogen and oxygen atoms in total. The van der Waals surface area contributed by atoms with Crippen LogP contribution < -0.4 is 21.5 Å². The first-order chi connectivity index (χ1) is 9.85. The summed E-state index contributed by atoms with van der Waals surface area (Å²) in [4.78, 5) is 15.2. The molecule has 1 aliphatic heterocycles. The number of nitrogens with two attached hydrogens (primary N) is 1. The van der Waals surface area contributed by atoms with E-state index in [4.69, 9.17) is 5.84 Å². The van der Waals surface area contributed by atoms with Crippen molar-refractivity contribution in [2.45, 2.75) is 19.3 Å². The number of hydrogen-bond acceptors (Lipinski definition) is 8. The Labute approximate surface area is 121 Å². The van der Waals surface area contributed by atoms with Crippen molar-refractivity contribution < 1.29 is 0 Å². The minimum absolute atomic E-state index is 0.373. The van der Waals surface area contributed by atoms with Gasteiger partial charge < -0.3 is 10.2 Å². The molecule has 2 aromatic heterocycles. The lowest BCUT2D eigenvalue weighted by molar-refractivity contribution is 0.568. The zero-order valence-corrected chi connectivity index (χ0v) is 11.9. The average molecular weight is 291 g/mol. The monoisotopic (exact) mass is 291 g/mol. The van der Waals surface area contributed by atoms with E-state index in [9.17, 15) is 0 Å². The van der Waals surface area contributed by atoms with Crippen molar-refractivity contribution in [2.75, 3.05) is 28.7 Å². The summed E-state index contributed by atoms with van der Waals surface area (Å²) in [5.74, 6) is 7.00. The van der Waals surface area contributed by atoms with E-state index in [1.165, 1.54) is 19.3 Å². The van der Waals surface area contributed by atoms with Crippen molar-refractivity contribution >= 4 is 34.9 Å². The molecule has 0 amide bonds. The second-order valence-electron chi connectivity index (χ2n) is 4.61. The van der Waals surface area contributed by atoms with Crippen LogP contribution in [-0.4, -0.2) is 28.0 Å². The van der Waals surface area contributed by atoms with Gasteiger partial charge in [-0.1, -0.05) is 0 Å². The van der Waals surface area contributed by atoms with Gasteiger partial charge in [-0.15, -0.1) is 0 Å². The van der Waals surface area contributed by atoms with Crippen LogP contribution in [0, 0.1) is 0 Å². The number of hydrazine groups is 1. The molecule has 8 heteroatoms.